The molecule has 0 saturated carbocycles. The molecule has 0 aliphatic rings. The van der Waals surface area contributed by atoms with Gasteiger partial charge in [0, 0.05) is 12.4 Å². The molecule has 0 aliphatic heterocycles. The zero-order chi connectivity index (χ0) is 19.8. The van der Waals surface area contributed by atoms with Crippen LogP contribution in [-0.2, 0) is 10.0 Å². The van der Waals surface area contributed by atoms with Crippen LogP contribution in [0, 0.1) is 0 Å². The third-order valence-electron chi connectivity index (χ3n) is 4.13. The summed E-state index contributed by atoms with van der Waals surface area (Å²) in [5.41, 5.74) is 0.589. The van der Waals surface area contributed by atoms with Crippen LogP contribution in [0.5, 0.6) is 5.75 Å². The molecule has 0 bridgehead atoms. The summed E-state index contributed by atoms with van der Waals surface area (Å²) in [5.74, 6) is -0.412. The second-order valence-corrected chi connectivity index (χ2v) is 7.84. The van der Waals surface area contributed by atoms with Crippen LogP contribution in [0.15, 0.2) is 63.9 Å². The zero-order valence-corrected chi connectivity index (χ0v) is 15.2. The highest BCUT2D eigenvalue weighted by Crippen LogP contribution is 2.35. The topological polar surface area (TPSA) is 59.8 Å². The summed E-state index contributed by atoms with van der Waals surface area (Å²) < 4.78 is 74.1. The number of para-hydroxylation sites is 2. The van der Waals surface area contributed by atoms with E-state index in [-0.39, 0.29) is 0 Å². The van der Waals surface area contributed by atoms with E-state index in [1.165, 1.54) is 19.2 Å². The summed E-state index contributed by atoms with van der Waals surface area (Å²) in [6, 6.07) is 12.7. The van der Waals surface area contributed by atoms with Crippen molar-refractivity contribution in [2.75, 3.05) is 7.05 Å². The van der Waals surface area contributed by atoms with Crippen molar-refractivity contribution < 1.29 is 30.7 Å². The quantitative estimate of drug-likeness (QED) is 0.623. The van der Waals surface area contributed by atoms with Crippen molar-refractivity contribution >= 4 is 21.0 Å². The molecule has 0 saturated heterocycles. The summed E-state index contributed by atoms with van der Waals surface area (Å²) in [7, 11) is -3.00. The third-order valence-corrected chi connectivity index (χ3v) is 6.10. The average Bonchev–Trinajstić information content (AvgIpc) is 3.03. The lowest BCUT2D eigenvalue weighted by Crippen LogP contribution is -2.30. The number of furan rings is 1. The van der Waals surface area contributed by atoms with Crippen molar-refractivity contribution in [3.63, 3.8) is 0 Å². The molecule has 0 N–H and O–H groups in total. The molecule has 0 radical (unpaired) electrons. The molecule has 1 atom stereocenters. The van der Waals surface area contributed by atoms with E-state index in [0.29, 0.717) is 11.3 Å². The van der Waals surface area contributed by atoms with Crippen LogP contribution >= 0.6 is 0 Å². The van der Waals surface area contributed by atoms with E-state index in [0.717, 1.165) is 21.8 Å². The Morgan fingerprint density at radius 2 is 1.70 bits per heavy atom. The molecule has 3 rings (SSSR count). The Labute approximate surface area is 154 Å². The molecule has 0 amide bonds. The molecule has 2 aromatic carbocycles. The van der Waals surface area contributed by atoms with Crippen molar-refractivity contribution in [3.05, 3.63) is 60.4 Å². The Bertz CT molecular complexity index is 1030. The number of rotatable bonds is 5. The van der Waals surface area contributed by atoms with Gasteiger partial charge in [-0.2, -0.15) is 4.31 Å². The second-order valence-electron chi connectivity index (χ2n) is 5.88. The molecule has 0 aliphatic carbocycles. The Balaban J connectivity index is 1.97. The number of hydrogen-bond donors (Lipinski definition) is 0. The Hall–Kier alpha value is -2.52. The molecule has 5 nitrogen and oxygen atoms in total. The number of benzene rings is 2. The maximum Gasteiger partial charge on any atom is 0.573 e. The molecule has 144 valence electrons. The lowest BCUT2D eigenvalue weighted by Gasteiger charge is -2.24. The predicted molar refractivity (Wildman–Crippen MR) is 92.7 cm³/mol. The van der Waals surface area contributed by atoms with Gasteiger partial charge in [0.05, 0.1) is 6.04 Å². The van der Waals surface area contributed by atoms with Gasteiger partial charge in [-0.25, -0.2) is 8.42 Å². The standard InChI is InChI=1S/C18H16F3NO4S/c1-12(16-11-13-7-3-4-8-14(13)25-16)22(2)27(23,24)17-10-6-5-9-15(17)26-18(19,20)21/h3-12H,1-2H3. The van der Waals surface area contributed by atoms with Crippen molar-refractivity contribution in [2.45, 2.75) is 24.2 Å². The zero-order valence-electron chi connectivity index (χ0n) is 14.4. The van der Waals surface area contributed by atoms with Gasteiger partial charge in [0.2, 0.25) is 10.0 Å². The number of sulfonamides is 1. The lowest BCUT2D eigenvalue weighted by atomic mass is 10.2. The number of ether oxygens (including phenoxy) is 1. The summed E-state index contributed by atoms with van der Waals surface area (Å²) in [6.45, 7) is 1.59. The van der Waals surface area contributed by atoms with Gasteiger partial charge in [-0.15, -0.1) is 13.2 Å². The molecule has 1 aromatic heterocycles. The molecule has 3 aromatic rings. The van der Waals surface area contributed by atoms with Crippen LogP contribution in [0.2, 0.25) is 0 Å². The fourth-order valence-electron chi connectivity index (χ4n) is 2.62. The lowest BCUT2D eigenvalue weighted by molar-refractivity contribution is -0.275. The van der Waals surface area contributed by atoms with E-state index in [1.54, 1.807) is 25.1 Å². The van der Waals surface area contributed by atoms with E-state index < -0.39 is 33.1 Å². The monoisotopic (exact) mass is 399 g/mol. The largest absolute Gasteiger partial charge is 0.573 e. The van der Waals surface area contributed by atoms with Gasteiger partial charge in [-0.1, -0.05) is 30.3 Å². The average molecular weight is 399 g/mol. The summed E-state index contributed by atoms with van der Waals surface area (Å²) >= 11 is 0. The summed E-state index contributed by atoms with van der Waals surface area (Å²) in [4.78, 5) is -0.576. The molecule has 27 heavy (non-hydrogen) atoms. The van der Waals surface area contributed by atoms with Crippen LogP contribution < -0.4 is 4.74 Å². The molecule has 1 unspecified atom stereocenters. The molecular weight excluding hydrogens is 383 g/mol. The number of fused-ring (bicyclic) bond motifs is 1. The minimum absolute atomic E-state index is 0.372. The summed E-state index contributed by atoms with van der Waals surface area (Å²) in [6.07, 6.45) is -5.01. The van der Waals surface area contributed by atoms with Crippen molar-refractivity contribution in [2.24, 2.45) is 0 Å². The first-order chi connectivity index (χ1) is 12.6. The van der Waals surface area contributed by atoms with Gasteiger partial charge in [0.15, 0.2) is 0 Å². The van der Waals surface area contributed by atoms with E-state index in [2.05, 4.69) is 4.74 Å². The second kappa shape index (κ2) is 6.90. The van der Waals surface area contributed by atoms with Crippen molar-refractivity contribution in [1.82, 2.24) is 4.31 Å². The Morgan fingerprint density at radius 3 is 2.37 bits per heavy atom. The highest BCUT2D eigenvalue weighted by molar-refractivity contribution is 7.89. The van der Waals surface area contributed by atoms with E-state index in [4.69, 9.17) is 4.42 Å². The summed E-state index contributed by atoms with van der Waals surface area (Å²) in [5, 5.41) is 0.797. The van der Waals surface area contributed by atoms with Gasteiger partial charge < -0.3 is 9.15 Å². The van der Waals surface area contributed by atoms with Gasteiger partial charge >= 0.3 is 6.36 Å². The van der Waals surface area contributed by atoms with Crippen LogP contribution in [0.25, 0.3) is 11.0 Å². The third kappa shape index (κ3) is 3.93. The van der Waals surface area contributed by atoms with Crippen LogP contribution in [0.4, 0.5) is 13.2 Å². The maximum absolute atomic E-state index is 12.9. The van der Waals surface area contributed by atoms with Gasteiger partial charge in [-0.3, -0.25) is 0 Å². The number of hydrogen-bond acceptors (Lipinski definition) is 4. The Morgan fingerprint density at radius 1 is 1.07 bits per heavy atom. The van der Waals surface area contributed by atoms with Crippen LogP contribution in [-0.4, -0.2) is 26.1 Å². The van der Waals surface area contributed by atoms with Crippen LogP contribution in [0.1, 0.15) is 18.7 Å². The van der Waals surface area contributed by atoms with Crippen molar-refractivity contribution in [1.29, 1.82) is 0 Å². The predicted octanol–water partition coefficient (Wildman–Crippen LogP) is 4.71. The van der Waals surface area contributed by atoms with Gasteiger partial charge in [-0.05, 0) is 31.2 Å². The molecule has 9 heteroatoms. The first kappa shape index (κ1) is 19.2. The van der Waals surface area contributed by atoms with E-state index in [1.807, 2.05) is 12.1 Å². The van der Waals surface area contributed by atoms with E-state index >= 15 is 0 Å². The van der Waals surface area contributed by atoms with Gasteiger partial charge in [0.1, 0.15) is 22.0 Å². The Kier molecular flexibility index (Phi) is 4.92. The fourth-order valence-corrected chi connectivity index (χ4v) is 4.07. The normalized spacial score (nSPS) is 13.9. The molecule has 0 spiro atoms. The molecular formula is C18H16F3NO4S. The first-order valence-electron chi connectivity index (χ1n) is 7.91. The first-order valence-corrected chi connectivity index (χ1v) is 9.35. The fraction of sp³-hybridized carbons (Fsp3) is 0.222. The smallest absolute Gasteiger partial charge is 0.459 e. The van der Waals surface area contributed by atoms with E-state index in [9.17, 15) is 21.6 Å². The van der Waals surface area contributed by atoms with Gasteiger partial charge in [0.25, 0.3) is 0 Å². The maximum atomic E-state index is 12.9. The van der Waals surface area contributed by atoms with Crippen LogP contribution in [0.3, 0.4) is 0 Å². The highest BCUT2D eigenvalue weighted by atomic mass is 32.2. The van der Waals surface area contributed by atoms with Crippen molar-refractivity contribution in [3.8, 4) is 5.75 Å². The molecule has 0 fully saturated rings. The number of alkyl halides is 3. The minimum atomic E-state index is -5.01. The SMILES string of the molecule is CC(c1cc2ccccc2o1)N(C)S(=O)(=O)c1ccccc1OC(F)(F)F. The number of nitrogens with zero attached hydrogens (tertiary/aromatic N) is 1. The minimum Gasteiger partial charge on any atom is -0.459 e. The number of halogens is 3. The molecule has 1 heterocycles. The highest BCUT2D eigenvalue weighted by Gasteiger charge is 2.36.